The standard InChI is InChI=1S/C26H38N7P/c1-7-32(8-2)34(33(9-3)10-4,31-22-17-13-14-18-22)26(24(20-28)30-6)25(23(19-27)29-5)21-15-11-12-16-21/h21-22H,7-18H2,1-4H3/b25-23?,26-24+. The molecule has 2 fully saturated rings. The summed E-state index contributed by atoms with van der Waals surface area (Å²) >= 11 is 0. The van der Waals surface area contributed by atoms with Crippen molar-refractivity contribution in [3.63, 3.8) is 0 Å². The van der Waals surface area contributed by atoms with Gasteiger partial charge in [0.15, 0.2) is 0 Å². The summed E-state index contributed by atoms with van der Waals surface area (Å²) in [7, 11) is -2.77. The second kappa shape index (κ2) is 13.5. The average Bonchev–Trinajstić information content (AvgIpc) is 3.57. The largest absolute Gasteiger partial charge is 0.272 e. The fourth-order valence-corrected chi connectivity index (χ4v) is 10.2. The molecule has 0 unspecified atom stereocenters. The van der Waals surface area contributed by atoms with E-state index in [0.717, 1.165) is 77.5 Å². The summed E-state index contributed by atoms with van der Waals surface area (Å²) in [5.74, 6) is 0.00753. The Labute approximate surface area is 206 Å². The van der Waals surface area contributed by atoms with E-state index in [1.54, 1.807) is 0 Å². The Bertz CT molecular complexity index is 944. The summed E-state index contributed by atoms with van der Waals surface area (Å²) in [4.78, 5) is 7.38. The number of rotatable bonds is 10. The first-order valence-corrected chi connectivity index (χ1v) is 14.3. The monoisotopic (exact) mass is 479 g/mol. The molecule has 0 aromatic heterocycles. The van der Waals surface area contributed by atoms with Gasteiger partial charge in [-0.3, -0.25) is 14.1 Å². The van der Waals surface area contributed by atoms with Crippen molar-refractivity contribution in [2.24, 2.45) is 10.7 Å². The minimum atomic E-state index is -2.77. The third-order valence-electron chi connectivity index (χ3n) is 7.13. The Morgan fingerprint density at radius 1 is 0.824 bits per heavy atom. The molecular formula is C26H38N7P. The predicted octanol–water partition coefficient (Wildman–Crippen LogP) is 7.19. The molecule has 0 radical (unpaired) electrons. The molecule has 182 valence electrons. The normalized spacial score (nSPS) is 18.6. The Hall–Kier alpha value is -2.41. The van der Waals surface area contributed by atoms with Crippen molar-refractivity contribution in [2.45, 2.75) is 85.1 Å². The van der Waals surface area contributed by atoms with Crippen molar-refractivity contribution in [3.05, 3.63) is 45.1 Å². The molecule has 2 saturated carbocycles. The van der Waals surface area contributed by atoms with Gasteiger partial charge in [0, 0.05) is 31.5 Å². The van der Waals surface area contributed by atoms with Crippen LogP contribution in [0.3, 0.4) is 0 Å². The molecule has 0 saturated heterocycles. The first-order valence-electron chi connectivity index (χ1n) is 12.7. The van der Waals surface area contributed by atoms with Crippen molar-refractivity contribution in [1.82, 2.24) is 9.34 Å². The van der Waals surface area contributed by atoms with E-state index in [0.29, 0.717) is 10.9 Å². The van der Waals surface area contributed by atoms with Gasteiger partial charge in [-0.2, -0.15) is 0 Å². The van der Waals surface area contributed by atoms with Crippen LogP contribution < -0.4 is 0 Å². The van der Waals surface area contributed by atoms with E-state index in [1.807, 2.05) is 0 Å². The van der Waals surface area contributed by atoms with Gasteiger partial charge in [0.1, 0.15) is 7.36 Å². The van der Waals surface area contributed by atoms with E-state index in [9.17, 15) is 10.5 Å². The maximum absolute atomic E-state index is 10.2. The molecule has 0 N–H and O–H groups in total. The molecule has 0 aliphatic heterocycles. The third kappa shape index (κ3) is 5.45. The summed E-state index contributed by atoms with van der Waals surface area (Å²) in [5.41, 5.74) is 0.673. The zero-order chi connectivity index (χ0) is 25.1. The van der Waals surface area contributed by atoms with Crippen LogP contribution in [0, 0.1) is 41.7 Å². The minimum Gasteiger partial charge on any atom is -0.267 e. The van der Waals surface area contributed by atoms with Gasteiger partial charge in [0.05, 0.1) is 31.3 Å². The Kier molecular flexibility index (Phi) is 11.0. The quantitative estimate of drug-likeness (QED) is 0.144. The number of hydrogen-bond donors (Lipinski definition) is 0. The second-order valence-electron chi connectivity index (χ2n) is 8.79. The molecule has 0 atom stereocenters. The fraction of sp³-hybridized carbons (Fsp3) is 0.692. The summed E-state index contributed by atoms with van der Waals surface area (Å²) in [6.45, 7) is 27.1. The van der Waals surface area contributed by atoms with Crippen LogP contribution in [0.5, 0.6) is 0 Å². The molecule has 0 heterocycles. The summed E-state index contributed by atoms with van der Waals surface area (Å²) < 4.78 is 10.3. The van der Waals surface area contributed by atoms with Crippen LogP contribution in [0.1, 0.15) is 79.1 Å². The Balaban J connectivity index is 3.16. The van der Waals surface area contributed by atoms with Crippen LogP contribution in [0.25, 0.3) is 9.69 Å². The van der Waals surface area contributed by atoms with E-state index < -0.39 is 7.36 Å². The first kappa shape index (κ1) is 27.8. The molecule has 34 heavy (non-hydrogen) atoms. The molecule has 0 aromatic rings. The van der Waals surface area contributed by atoms with Crippen LogP contribution in [-0.2, 0) is 0 Å². The molecule has 0 spiro atoms. The molecule has 0 bridgehead atoms. The van der Waals surface area contributed by atoms with Crippen molar-refractivity contribution < 1.29 is 0 Å². The lowest BCUT2D eigenvalue weighted by atomic mass is 9.94. The van der Waals surface area contributed by atoms with Gasteiger partial charge < -0.3 is 0 Å². The van der Waals surface area contributed by atoms with Crippen LogP contribution in [-0.4, -0.2) is 41.6 Å². The summed E-state index contributed by atoms with van der Waals surface area (Å²) in [6, 6.07) is 4.50. The van der Waals surface area contributed by atoms with Crippen molar-refractivity contribution in [1.29, 1.82) is 10.5 Å². The zero-order valence-corrected chi connectivity index (χ0v) is 22.1. The molecule has 0 aromatic carbocycles. The van der Waals surface area contributed by atoms with Crippen LogP contribution in [0.2, 0.25) is 0 Å². The highest BCUT2D eigenvalue weighted by Gasteiger charge is 2.43. The predicted molar refractivity (Wildman–Crippen MR) is 138 cm³/mol. The lowest BCUT2D eigenvalue weighted by molar-refractivity contribution is 0.413. The number of nitrogens with zero attached hydrogens (tertiary/aromatic N) is 7. The maximum Gasteiger partial charge on any atom is 0.272 e. The van der Waals surface area contributed by atoms with E-state index in [-0.39, 0.29) is 23.4 Å². The lowest BCUT2D eigenvalue weighted by Gasteiger charge is -2.46. The number of hydrogen-bond acceptors (Lipinski definition) is 3. The number of nitriles is 2. The van der Waals surface area contributed by atoms with E-state index in [2.05, 4.69) is 58.9 Å². The maximum atomic E-state index is 10.2. The molecule has 2 aliphatic carbocycles. The van der Waals surface area contributed by atoms with E-state index in [4.69, 9.17) is 17.9 Å². The lowest BCUT2D eigenvalue weighted by Crippen LogP contribution is -2.35. The molecule has 2 rings (SSSR count). The minimum absolute atomic E-state index is 0.00665. The molecule has 2 aliphatic rings. The van der Waals surface area contributed by atoms with Gasteiger partial charge in [0.2, 0.25) is 0 Å². The molecule has 7 nitrogen and oxygen atoms in total. The third-order valence-corrected chi connectivity index (χ3v) is 11.5. The highest BCUT2D eigenvalue weighted by molar-refractivity contribution is 7.66. The van der Waals surface area contributed by atoms with Gasteiger partial charge in [-0.05, 0) is 37.2 Å². The van der Waals surface area contributed by atoms with Gasteiger partial charge in [-0.15, -0.1) is 0 Å². The van der Waals surface area contributed by atoms with E-state index >= 15 is 0 Å². The second-order valence-corrected chi connectivity index (χ2v) is 11.7. The van der Waals surface area contributed by atoms with Crippen LogP contribution >= 0.6 is 7.36 Å². The van der Waals surface area contributed by atoms with Gasteiger partial charge in [-0.1, -0.05) is 53.4 Å². The Morgan fingerprint density at radius 3 is 1.65 bits per heavy atom. The van der Waals surface area contributed by atoms with Gasteiger partial charge in [0.25, 0.3) is 11.4 Å². The van der Waals surface area contributed by atoms with Crippen molar-refractivity contribution >= 4 is 7.36 Å². The van der Waals surface area contributed by atoms with Crippen molar-refractivity contribution in [3.8, 4) is 12.1 Å². The summed E-state index contributed by atoms with van der Waals surface area (Å²) in [6.07, 6.45) is 8.08. The van der Waals surface area contributed by atoms with E-state index in [1.165, 1.54) is 0 Å². The summed E-state index contributed by atoms with van der Waals surface area (Å²) in [5, 5.41) is 20.9. The Morgan fingerprint density at radius 2 is 1.26 bits per heavy atom. The fourth-order valence-electron chi connectivity index (χ4n) is 5.57. The van der Waals surface area contributed by atoms with Gasteiger partial charge >= 0.3 is 0 Å². The smallest absolute Gasteiger partial charge is 0.267 e. The van der Waals surface area contributed by atoms with Crippen LogP contribution in [0.15, 0.2) is 27.0 Å². The topological polar surface area (TPSA) is 75.1 Å². The van der Waals surface area contributed by atoms with Crippen molar-refractivity contribution in [2.75, 3.05) is 26.2 Å². The molecular weight excluding hydrogens is 441 g/mol. The highest BCUT2D eigenvalue weighted by atomic mass is 31.2. The average molecular weight is 480 g/mol. The van der Waals surface area contributed by atoms with Gasteiger partial charge in [-0.25, -0.2) is 20.2 Å². The number of allylic oxidation sites excluding steroid dienone is 4. The zero-order valence-electron chi connectivity index (χ0n) is 21.2. The van der Waals surface area contributed by atoms with Crippen LogP contribution in [0.4, 0.5) is 0 Å². The molecule has 0 amide bonds. The highest BCUT2D eigenvalue weighted by Crippen LogP contribution is 2.68. The SMILES string of the molecule is [C-]#[N+]C(C#N)=C(/C(=C(/C#N)[N+]#[C-])P(=NC1CCCC1)(N(CC)CC)N(CC)CC)C1CCCC1. The first-order chi connectivity index (χ1) is 16.5. The molecule has 8 heteroatoms.